The minimum atomic E-state index is 0.298. The van der Waals surface area contributed by atoms with Crippen LogP contribution in [-0.4, -0.2) is 37.0 Å². The molecule has 7 nitrogen and oxygen atoms in total. The lowest BCUT2D eigenvalue weighted by Crippen LogP contribution is -2.24. The van der Waals surface area contributed by atoms with E-state index < -0.39 is 0 Å². The Bertz CT molecular complexity index is 1940. The minimum Gasteiger partial charge on any atom is -0.361 e. The molecule has 2 aliphatic heterocycles. The molecule has 0 amide bonds. The lowest BCUT2D eigenvalue weighted by molar-refractivity contribution is 0.516. The fraction of sp³-hybridized carbons (Fsp3) is 0.297. The zero-order valence-corrected chi connectivity index (χ0v) is 25.1. The molecule has 220 valence electrons. The Kier molecular flexibility index (Phi) is 5.93. The summed E-state index contributed by atoms with van der Waals surface area (Å²) in [6.07, 6.45) is 9.75. The number of imidazole rings is 2. The molecule has 2 saturated heterocycles. The third-order valence-electron chi connectivity index (χ3n) is 10.4. The molecule has 1 unspecified atom stereocenters. The number of H-pyrrole nitrogens is 3. The van der Waals surface area contributed by atoms with Crippen molar-refractivity contribution >= 4 is 10.9 Å². The molecular weight excluding hydrogens is 542 g/mol. The lowest BCUT2D eigenvalue weighted by atomic mass is 9.95. The van der Waals surface area contributed by atoms with Gasteiger partial charge in [0.15, 0.2) is 0 Å². The van der Waals surface area contributed by atoms with Crippen molar-refractivity contribution in [2.24, 2.45) is 11.8 Å². The number of aromatic nitrogens is 5. The smallest absolute Gasteiger partial charge is 0.124 e. The number of fused-ring (bicyclic) bond motifs is 2. The van der Waals surface area contributed by atoms with Crippen LogP contribution in [0.3, 0.4) is 0 Å². The van der Waals surface area contributed by atoms with Gasteiger partial charge >= 0.3 is 0 Å². The standard InChI is InChI=1S/C37H37N7/c1-20-15-31(41-21(20)2)36-39-18-33(43-36)24-7-3-22(4-8-24)27-11-12-28(35-29(27)13-14-38-35)23-5-9-25(10-6-23)34-19-40-37(44-34)32-17-26-16-30(26)42-32/h3-14,18-21,26,30-32,38,41-42H,15-17H2,1-2H3,(H,39,43)(H,40,44)/t20?,21-,26-,30-,31+,32+/m1/s1. The summed E-state index contributed by atoms with van der Waals surface area (Å²) in [6, 6.07) is 26.1. The highest BCUT2D eigenvalue weighted by Gasteiger charge is 2.46. The van der Waals surface area contributed by atoms with Crippen LogP contribution < -0.4 is 10.6 Å². The molecule has 3 fully saturated rings. The van der Waals surface area contributed by atoms with Crippen molar-refractivity contribution in [2.45, 2.75) is 57.3 Å². The normalized spacial score (nSPS) is 26.0. The second-order valence-electron chi connectivity index (χ2n) is 13.2. The Labute approximate surface area is 257 Å². The monoisotopic (exact) mass is 579 g/mol. The summed E-state index contributed by atoms with van der Waals surface area (Å²) in [4.78, 5) is 20.2. The second kappa shape index (κ2) is 10.0. The van der Waals surface area contributed by atoms with Gasteiger partial charge in [-0.3, -0.25) is 0 Å². The van der Waals surface area contributed by atoms with E-state index in [9.17, 15) is 0 Å². The molecule has 9 rings (SSSR count). The van der Waals surface area contributed by atoms with Crippen LogP contribution in [0.5, 0.6) is 0 Å². The molecular formula is C37H37N7. The number of nitrogens with zero attached hydrogens (tertiary/aromatic N) is 2. The van der Waals surface area contributed by atoms with Crippen molar-refractivity contribution in [2.75, 3.05) is 0 Å². The van der Waals surface area contributed by atoms with E-state index in [0.29, 0.717) is 30.1 Å². The Morgan fingerprint density at radius 2 is 1.18 bits per heavy atom. The van der Waals surface area contributed by atoms with Crippen LogP contribution in [0.1, 0.15) is 56.8 Å². The summed E-state index contributed by atoms with van der Waals surface area (Å²) in [5, 5.41) is 8.57. The molecule has 0 bridgehead atoms. The molecule has 44 heavy (non-hydrogen) atoms. The third kappa shape index (κ3) is 4.42. The number of hydrogen-bond acceptors (Lipinski definition) is 4. The summed E-state index contributed by atoms with van der Waals surface area (Å²) in [5.74, 6) is 3.60. The Hall–Kier alpha value is -4.46. The first-order chi connectivity index (χ1) is 21.6. The predicted octanol–water partition coefficient (Wildman–Crippen LogP) is 7.76. The van der Waals surface area contributed by atoms with Gasteiger partial charge in [0, 0.05) is 52.8 Å². The maximum Gasteiger partial charge on any atom is 0.124 e. The van der Waals surface area contributed by atoms with Crippen LogP contribution >= 0.6 is 0 Å². The van der Waals surface area contributed by atoms with E-state index in [-0.39, 0.29) is 0 Å². The van der Waals surface area contributed by atoms with Crippen LogP contribution in [0, 0.1) is 11.8 Å². The van der Waals surface area contributed by atoms with Crippen LogP contribution in [0.25, 0.3) is 55.7 Å². The van der Waals surface area contributed by atoms with Crippen molar-refractivity contribution < 1.29 is 0 Å². The van der Waals surface area contributed by atoms with E-state index in [1.165, 1.54) is 40.5 Å². The molecule has 1 saturated carbocycles. The van der Waals surface area contributed by atoms with E-state index >= 15 is 0 Å². The fourth-order valence-corrected chi connectivity index (χ4v) is 7.46. The zero-order chi connectivity index (χ0) is 29.4. The van der Waals surface area contributed by atoms with Crippen molar-refractivity contribution in [1.82, 2.24) is 35.6 Å². The lowest BCUT2D eigenvalue weighted by Gasteiger charge is -2.10. The Morgan fingerprint density at radius 1 is 0.591 bits per heavy atom. The average molecular weight is 580 g/mol. The van der Waals surface area contributed by atoms with Gasteiger partial charge in [-0.05, 0) is 60.8 Å². The average Bonchev–Trinajstić information content (AvgIpc) is 3.72. The van der Waals surface area contributed by atoms with E-state index in [0.717, 1.165) is 52.0 Å². The quantitative estimate of drug-likeness (QED) is 0.139. The summed E-state index contributed by atoms with van der Waals surface area (Å²) in [6.45, 7) is 4.56. The molecule has 5 N–H and O–H groups in total. The van der Waals surface area contributed by atoms with Gasteiger partial charge in [-0.1, -0.05) is 67.6 Å². The molecule has 3 aromatic heterocycles. The van der Waals surface area contributed by atoms with Crippen LogP contribution in [0.4, 0.5) is 0 Å². The molecule has 0 radical (unpaired) electrons. The summed E-state index contributed by atoms with van der Waals surface area (Å²) < 4.78 is 0. The van der Waals surface area contributed by atoms with Gasteiger partial charge in [0.1, 0.15) is 11.6 Å². The van der Waals surface area contributed by atoms with E-state index in [1.807, 2.05) is 18.6 Å². The highest BCUT2D eigenvalue weighted by atomic mass is 15.1. The Morgan fingerprint density at radius 3 is 1.77 bits per heavy atom. The van der Waals surface area contributed by atoms with E-state index in [1.54, 1.807) is 0 Å². The molecule has 7 heteroatoms. The van der Waals surface area contributed by atoms with Gasteiger partial charge < -0.3 is 25.6 Å². The molecule has 6 atom stereocenters. The second-order valence-corrected chi connectivity index (χ2v) is 13.2. The van der Waals surface area contributed by atoms with E-state index in [4.69, 9.17) is 9.97 Å². The first kappa shape index (κ1) is 26.0. The van der Waals surface area contributed by atoms with Crippen LogP contribution in [0.2, 0.25) is 0 Å². The number of benzene rings is 3. The molecule has 5 heterocycles. The fourth-order valence-electron chi connectivity index (χ4n) is 7.46. The molecule has 0 spiro atoms. The molecule has 3 aromatic carbocycles. The van der Waals surface area contributed by atoms with E-state index in [2.05, 4.69) is 106 Å². The van der Waals surface area contributed by atoms with Gasteiger partial charge in [-0.25, -0.2) is 9.97 Å². The summed E-state index contributed by atoms with van der Waals surface area (Å²) >= 11 is 0. The van der Waals surface area contributed by atoms with Crippen LogP contribution in [-0.2, 0) is 0 Å². The first-order valence-electron chi connectivity index (χ1n) is 16.0. The van der Waals surface area contributed by atoms with Gasteiger partial charge in [0.2, 0.25) is 0 Å². The number of piperidine rings is 1. The number of hydrogen-bond donors (Lipinski definition) is 5. The maximum absolute atomic E-state index is 4.94. The summed E-state index contributed by atoms with van der Waals surface area (Å²) in [5.41, 5.74) is 10.2. The topological polar surface area (TPSA) is 97.2 Å². The largest absolute Gasteiger partial charge is 0.361 e. The number of rotatable bonds is 6. The van der Waals surface area contributed by atoms with Crippen molar-refractivity contribution in [3.8, 4) is 44.8 Å². The predicted molar refractivity (Wildman–Crippen MR) is 176 cm³/mol. The maximum atomic E-state index is 4.94. The third-order valence-corrected chi connectivity index (χ3v) is 10.4. The van der Waals surface area contributed by atoms with Crippen molar-refractivity contribution in [3.63, 3.8) is 0 Å². The summed E-state index contributed by atoms with van der Waals surface area (Å²) in [7, 11) is 0. The highest BCUT2D eigenvalue weighted by Crippen LogP contribution is 2.45. The van der Waals surface area contributed by atoms with Crippen molar-refractivity contribution in [3.05, 3.63) is 97.0 Å². The van der Waals surface area contributed by atoms with Crippen molar-refractivity contribution in [1.29, 1.82) is 0 Å². The number of aromatic amines is 3. The molecule has 6 aromatic rings. The minimum absolute atomic E-state index is 0.298. The van der Waals surface area contributed by atoms with Crippen LogP contribution in [0.15, 0.2) is 85.3 Å². The zero-order valence-electron chi connectivity index (χ0n) is 25.1. The Balaban J connectivity index is 0.949. The first-order valence-corrected chi connectivity index (χ1v) is 16.0. The number of nitrogens with one attached hydrogen (secondary N) is 5. The molecule has 1 aliphatic carbocycles. The van der Waals surface area contributed by atoms with Gasteiger partial charge in [0.05, 0.1) is 29.0 Å². The van der Waals surface area contributed by atoms with Gasteiger partial charge in [0.25, 0.3) is 0 Å². The van der Waals surface area contributed by atoms with Gasteiger partial charge in [-0.15, -0.1) is 0 Å². The molecule has 3 aliphatic rings. The van der Waals surface area contributed by atoms with Gasteiger partial charge in [-0.2, -0.15) is 0 Å². The SMILES string of the molecule is CC1C[C@@H](c2nc(-c3ccc(-c4ccc(-c5ccc(-c6c[nH]c([C@@H]7C[C@H]8C[C@H]8N7)n6)cc5)c5[nH]ccc45)cc3)c[nH]2)N[C@@H]1C. The highest BCUT2D eigenvalue weighted by molar-refractivity contribution is 6.03.